The molecule has 1 aromatic carbocycles. The van der Waals surface area contributed by atoms with Gasteiger partial charge in [0.2, 0.25) is 21.8 Å². The van der Waals surface area contributed by atoms with Gasteiger partial charge >= 0.3 is 0 Å². The summed E-state index contributed by atoms with van der Waals surface area (Å²) in [5.74, 6) is -1.21. The fourth-order valence-corrected chi connectivity index (χ4v) is 6.80. The number of sulfonamides is 1. The Hall–Kier alpha value is -2.99. The molecule has 12 heteroatoms. The van der Waals surface area contributed by atoms with Gasteiger partial charge in [0.25, 0.3) is 5.91 Å². The largest absolute Gasteiger partial charge is 0.369 e. The summed E-state index contributed by atoms with van der Waals surface area (Å²) >= 11 is 0. The van der Waals surface area contributed by atoms with E-state index in [0.717, 1.165) is 31.1 Å². The Labute approximate surface area is 244 Å². The lowest BCUT2D eigenvalue weighted by atomic mass is 9.95. The maximum absolute atomic E-state index is 13.9. The van der Waals surface area contributed by atoms with Gasteiger partial charge in [-0.1, -0.05) is 57.0 Å². The third kappa shape index (κ3) is 9.00. The molecule has 3 amide bonds. The molecule has 0 saturated carbocycles. The molecule has 2 aliphatic heterocycles. The van der Waals surface area contributed by atoms with E-state index in [1.165, 1.54) is 9.21 Å². The molecular formula is C29H46N6O5S. The summed E-state index contributed by atoms with van der Waals surface area (Å²) in [4.78, 5) is 45.9. The number of likely N-dealkylation sites (tertiary alicyclic amines) is 2. The second-order valence-corrected chi connectivity index (χ2v) is 13.3. The first kappa shape index (κ1) is 32.5. The number of guanidine groups is 1. The predicted molar refractivity (Wildman–Crippen MR) is 159 cm³/mol. The van der Waals surface area contributed by atoms with Gasteiger partial charge in [0.15, 0.2) is 5.96 Å². The number of carbonyl (C=O) groups excluding carboxylic acids is 3. The van der Waals surface area contributed by atoms with Crippen molar-refractivity contribution in [1.82, 2.24) is 14.1 Å². The van der Waals surface area contributed by atoms with Gasteiger partial charge in [0, 0.05) is 32.1 Å². The summed E-state index contributed by atoms with van der Waals surface area (Å²) in [5.41, 5.74) is 12.6. The van der Waals surface area contributed by atoms with Crippen molar-refractivity contribution in [1.29, 1.82) is 0 Å². The Bertz CT molecular complexity index is 1180. The van der Waals surface area contributed by atoms with E-state index >= 15 is 0 Å². The summed E-state index contributed by atoms with van der Waals surface area (Å²) < 4.78 is 27.7. The molecule has 0 radical (unpaired) electrons. The molecule has 1 unspecified atom stereocenters. The number of hydrogen-bond donors (Lipinski definition) is 2. The number of unbranched alkanes of at least 4 members (excludes halogenated alkanes) is 1. The van der Waals surface area contributed by atoms with E-state index in [1.807, 2.05) is 42.2 Å². The highest BCUT2D eigenvalue weighted by atomic mass is 32.2. The van der Waals surface area contributed by atoms with Crippen LogP contribution in [0.25, 0.3) is 0 Å². The third-order valence-electron chi connectivity index (χ3n) is 8.21. The van der Waals surface area contributed by atoms with Crippen LogP contribution in [0.4, 0.5) is 0 Å². The molecule has 2 fully saturated rings. The zero-order chi connectivity index (χ0) is 30.2. The molecule has 2 aliphatic rings. The van der Waals surface area contributed by atoms with Crippen molar-refractivity contribution >= 4 is 33.7 Å². The van der Waals surface area contributed by atoms with E-state index < -0.39 is 33.9 Å². The quantitative estimate of drug-likeness (QED) is 0.277. The number of nitrogens with zero attached hydrogens (tertiary/aromatic N) is 4. The SMILES string of the molecule is CCCCC(C)C(=O)N=C(N)N1CCC(CN([C@H](Cc2ccccc2)C(=O)N2CCC[C@H]2C(N)=O)S(C)(=O)=O)CC1. The Morgan fingerprint density at radius 1 is 1.07 bits per heavy atom. The van der Waals surface area contributed by atoms with Gasteiger partial charge in [-0.3, -0.25) is 14.4 Å². The Balaban J connectivity index is 1.76. The molecule has 11 nitrogen and oxygen atoms in total. The predicted octanol–water partition coefficient (Wildman–Crippen LogP) is 1.72. The van der Waals surface area contributed by atoms with Crippen LogP contribution >= 0.6 is 0 Å². The van der Waals surface area contributed by atoms with Crippen LogP contribution in [0, 0.1) is 11.8 Å². The third-order valence-corrected chi connectivity index (χ3v) is 9.46. The average Bonchev–Trinajstić information content (AvgIpc) is 3.44. The molecule has 3 atom stereocenters. The van der Waals surface area contributed by atoms with Gasteiger partial charge < -0.3 is 21.3 Å². The van der Waals surface area contributed by atoms with E-state index in [2.05, 4.69) is 11.9 Å². The highest BCUT2D eigenvalue weighted by Gasteiger charge is 2.41. The molecule has 1 aromatic rings. The molecule has 4 N–H and O–H groups in total. The van der Waals surface area contributed by atoms with Gasteiger partial charge in [-0.05, 0) is 50.0 Å². The molecule has 228 valence electrons. The van der Waals surface area contributed by atoms with E-state index in [1.54, 1.807) is 0 Å². The van der Waals surface area contributed by atoms with Crippen molar-refractivity contribution in [2.24, 2.45) is 28.3 Å². The molecule has 0 aromatic heterocycles. The Morgan fingerprint density at radius 3 is 2.32 bits per heavy atom. The normalized spacial score (nSPS) is 20.3. The average molecular weight is 591 g/mol. The first-order valence-corrected chi connectivity index (χ1v) is 16.5. The van der Waals surface area contributed by atoms with Crippen LogP contribution in [0.5, 0.6) is 0 Å². The fourth-order valence-electron chi connectivity index (χ4n) is 5.69. The summed E-state index contributed by atoms with van der Waals surface area (Å²) in [5, 5.41) is 0. The molecule has 2 saturated heterocycles. The number of aliphatic imine (C=N–C) groups is 1. The van der Waals surface area contributed by atoms with Gasteiger partial charge in [-0.2, -0.15) is 9.30 Å². The molecule has 2 heterocycles. The van der Waals surface area contributed by atoms with Crippen molar-refractivity contribution in [2.75, 3.05) is 32.4 Å². The summed E-state index contributed by atoms with van der Waals surface area (Å²) in [7, 11) is -3.80. The number of benzene rings is 1. The van der Waals surface area contributed by atoms with Crippen LogP contribution in [-0.2, 0) is 30.8 Å². The standard InChI is InChI=1S/C29H46N6O5S/c1-4-5-10-21(2)27(37)32-29(31)33-17-14-23(15-18-33)20-35(41(3,39)40)25(19-22-11-7-6-8-12-22)28(38)34-16-9-13-24(34)26(30)36/h6-8,11-12,21,23-25H,4-5,9-10,13-20H2,1-3H3,(H2,30,36)(H2,31,32,37)/t21?,24-,25+/m0/s1. The molecule has 0 aliphatic carbocycles. The van der Waals surface area contributed by atoms with Gasteiger partial charge in [0.1, 0.15) is 12.1 Å². The number of nitrogens with two attached hydrogens (primary N) is 2. The second-order valence-electron chi connectivity index (χ2n) is 11.4. The second kappa shape index (κ2) is 14.8. The van der Waals surface area contributed by atoms with Crippen LogP contribution in [-0.4, -0.2) is 90.7 Å². The summed E-state index contributed by atoms with van der Waals surface area (Å²) in [6.45, 7) is 5.52. The van der Waals surface area contributed by atoms with Crippen molar-refractivity contribution in [3.05, 3.63) is 35.9 Å². The zero-order valence-corrected chi connectivity index (χ0v) is 25.4. The minimum absolute atomic E-state index is 0.0236. The fraction of sp³-hybridized carbons (Fsp3) is 0.655. The van der Waals surface area contributed by atoms with Crippen LogP contribution in [0.2, 0.25) is 0 Å². The number of amides is 3. The monoisotopic (exact) mass is 590 g/mol. The maximum Gasteiger partial charge on any atom is 0.251 e. The van der Waals surface area contributed by atoms with E-state index in [9.17, 15) is 22.8 Å². The molecule has 41 heavy (non-hydrogen) atoms. The molecule has 0 bridgehead atoms. The lowest BCUT2D eigenvalue weighted by molar-refractivity contribution is -0.140. The molecule has 3 rings (SSSR count). The Kier molecular flexibility index (Phi) is 11.7. The van der Waals surface area contributed by atoms with Crippen molar-refractivity contribution < 1.29 is 22.8 Å². The highest BCUT2D eigenvalue weighted by molar-refractivity contribution is 7.88. The van der Waals surface area contributed by atoms with Crippen molar-refractivity contribution in [3.8, 4) is 0 Å². The molecular weight excluding hydrogens is 544 g/mol. The van der Waals surface area contributed by atoms with Gasteiger partial charge in [0.05, 0.1) is 6.26 Å². The minimum atomic E-state index is -3.80. The minimum Gasteiger partial charge on any atom is -0.369 e. The maximum atomic E-state index is 13.9. The smallest absolute Gasteiger partial charge is 0.251 e. The van der Waals surface area contributed by atoms with E-state index in [4.69, 9.17) is 11.5 Å². The van der Waals surface area contributed by atoms with E-state index in [0.29, 0.717) is 45.3 Å². The topological polar surface area (TPSA) is 159 Å². The zero-order valence-electron chi connectivity index (χ0n) is 24.6. The highest BCUT2D eigenvalue weighted by Crippen LogP contribution is 2.26. The van der Waals surface area contributed by atoms with Gasteiger partial charge in [-0.15, -0.1) is 0 Å². The van der Waals surface area contributed by atoms with Crippen LogP contribution < -0.4 is 11.5 Å². The van der Waals surface area contributed by atoms with Gasteiger partial charge in [-0.25, -0.2) is 8.42 Å². The number of piperidine rings is 1. The first-order valence-electron chi connectivity index (χ1n) is 14.7. The van der Waals surface area contributed by atoms with Crippen LogP contribution in [0.15, 0.2) is 35.3 Å². The van der Waals surface area contributed by atoms with Crippen LogP contribution in [0.3, 0.4) is 0 Å². The van der Waals surface area contributed by atoms with Crippen molar-refractivity contribution in [3.63, 3.8) is 0 Å². The number of rotatable bonds is 12. The lowest BCUT2D eigenvalue weighted by Gasteiger charge is -2.38. The first-order chi connectivity index (χ1) is 19.4. The lowest BCUT2D eigenvalue weighted by Crippen LogP contribution is -2.56. The molecule has 0 spiro atoms. The number of carbonyl (C=O) groups is 3. The Morgan fingerprint density at radius 2 is 1.73 bits per heavy atom. The van der Waals surface area contributed by atoms with Crippen molar-refractivity contribution in [2.45, 2.75) is 77.3 Å². The summed E-state index contributed by atoms with van der Waals surface area (Å²) in [6, 6.07) is 7.55. The summed E-state index contributed by atoms with van der Waals surface area (Å²) in [6.07, 6.45) is 6.41. The number of primary amides is 1. The number of hydrogen-bond acceptors (Lipinski definition) is 5. The van der Waals surface area contributed by atoms with E-state index in [-0.39, 0.29) is 36.7 Å². The van der Waals surface area contributed by atoms with Crippen LogP contribution in [0.1, 0.15) is 64.4 Å².